The molecular formula is C25H23Cl4NO6. The summed E-state index contributed by atoms with van der Waals surface area (Å²) in [4.78, 5) is 12.5. The number of aromatic hydroxyl groups is 1. The van der Waals surface area contributed by atoms with Gasteiger partial charge < -0.3 is 24.4 Å². The van der Waals surface area contributed by atoms with Crippen LogP contribution in [0.3, 0.4) is 0 Å². The molecule has 3 aromatic rings. The molecule has 2 N–H and O–H groups in total. The lowest BCUT2D eigenvalue weighted by Crippen LogP contribution is -2.47. The first-order valence-corrected chi connectivity index (χ1v) is 12.4. The molecule has 1 fully saturated rings. The van der Waals surface area contributed by atoms with Crippen molar-refractivity contribution in [1.82, 2.24) is 4.57 Å². The third-order valence-corrected chi connectivity index (χ3v) is 7.06. The number of halogens is 4. The number of pyridine rings is 1. The fraction of sp³-hybridized carbons (Fsp3) is 0.320. The Balaban J connectivity index is 1.56. The lowest BCUT2D eigenvalue weighted by atomic mass is 9.96. The topological polar surface area (TPSA) is 90.2 Å². The van der Waals surface area contributed by atoms with Gasteiger partial charge in [0.2, 0.25) is 0 Å². The van der Waals surface area contributed by atoms with Gasteiger partial charge in [0.05, 0.1) is 19.8 Å². The second kappa shape index (κ2) is 11.3. The standard InChI is InChI=1S/C25H23Cl4NO6/c1-25(33)23(35-12-15-3-5-17(27)9-20(15)29)21(13-34-11-14-2-4-16(26)8-19(14)28)36-24(25)30-7-6-18(31)10-22(30)32/h2-10,21,23-24,31,33H,11-13H2,1H3. The largest absolute Gasteiger partial charge is 0.508 e. The molecule has 0 spiro atoms. The van der Waals surface area contributed by atoms with Crippen molar-refractivity contribution in [3.63, 3.8) is 0 Å². The normalized spacial score (nSPS) is 23.8. The molecule has 36 heavy (non-hydrogen) atoms. The molecule has 0 saturated carbocycles. The van der Waals surface area contributed by atoms with Crippen LogP contribution in [0.25, 0.3) is 0 Å². The summed E-state index contributed by atoms with van der Waals surface area (Å²) < 4.78 is 19.3. The molecule has 4 unspecified atom stereocenters. The van der Waals surface area contributed by atoms with Crippen LogP contribution < -0.4 is 5.56 Å². The van der Waals surface area contributed by atoms with E-state index in [1.54, 1.807) is 36.4 Å². The molecule has 1 aliphatic heterocycles. The first kappa shape index (κ1) is 27.2. The number of ether oxygens (including phenoxy) is 3. The van der Waals surface area contributed by atoms with Crippen LogP contribution in [-0.2, 0) is 27.4 Å². The van der Waals surface area contributed by atoms with Crippen LogP contribution in [0.1, 0.15) is 24.3 Å². The Kier molecular flexibility index (Phi) is 8.54. The molecule has 4 atom stereocenters. The highest BCUT2D eigenvalue weighted by Crippen LogP contribution is 2.40. The van der Waals surface area contributed by atoms with E-state index in [1.165, 1.54) is 23.8 Å². The van der Waals surface area contributed by atoms with Gasteiger partial charge in [-0.05, 0) is 48.4 Å². The fourth-order valence-electron chi connectivity index (χ4n) is 4.06. The Labute approximate surface area is 227 Å². The molecule has 192 valence electrons. The predicted octanol–water partition coefficient (Wildman–Crippen LogP) is 5.62. The van der Waals surface area contributed by atoms with E-state index in [1.807, 2.05) is 0 Å². The van der Waals surface area contributed by atoms with Crippen LogP contribution >= 0.6 is 46.4 Å². The fourth-order valence-corrected chi connectivity index (χ4v) is 4.98. The molecule has 0 bridgehead atoms. The average molecular weight is 575 g/mol. The predicted molar refractivity (Wildman–Crippen MR) is 138 cm³/mol. The number of rotatable bonds is 8. The Morgan fingerprint density at radius 1 is 0.972 bits per heavy atom. The monoisotopic (exact) mass is 573 g/mol. The molecule has 0 amide bonds. The van der Waals surface area contributed by atoms with Gasteiger partial charge in [0.1, 0.15) is 23.6 Å². The lowest BCUT2D eigenvalue weighted by Gasteiger charge is -2.30. The van der Waals surface area contributed by atoms with Crippen LogP contribution in [0.2, 0.25) is 20.1 Å². The molecule has 0 radical (unpaired) electrons. The summed E-state index contributed by atoms with van der Waals surface area (Å²) in [6.07, 6.45) is -1.43. The Bertz CT molecular complexity index is 1300. The maximum atomic E-state index is 12.5. The number of aromatic nitrogens is 1. The molecule has 0 aliphatic carbocycles. The lowest BCUT2D eigenvalue weighted by molar-refractivity contribution is -0.115. The first-order valence-electron chi connectivity index (χ1n) is 10.9. The van der Waals surface area contributed by atoms with E-state index in [0.29, 0.717) is 25.7 Å². The van der Waals surface area contributed by atoms with Crippen molar-refractivity contribution < 1.29 is 24.4 Å². The van der Waals surface area contributed by atoms with Crippen molar-refractivity contribution in [2.45, 2.75) is 44.2 Å². The van der Waals surface area contributed by atoms with Gasteiger partial charge in [-0.1, -0.05) is 58.5 Å². The van der Waals surface area contributed by atoms with Gasteiger partial charge in [0, 0.05) is 32.4 Å². The smallest absolute Gasteiger partial charge is 0.256 e. The van der Waals surface area contributed by atoms with Crippen LogP contribution in [-0.4, -0.2) is 39.2 Å². The van der Waals surface area contributed by atoms with Crippen LogP contribution in [0, 0.1) is 0 Å². The van der Waals surface area contributed by atoms with Gasteiger partial charge in [-0.25, -0.2) is 0 Å². The molecular weight excluding hydrogens is 552 g/mol. The van der Waals surface area contributed by atoms with Crippen LogP contribution in [0.5, 0.6) is 5.75 Å². The average Bonchev–Trinajstić information content (AvgIpc) is 3.04. The molecule has 1 aliphatic rings. The van der Waals surface area contributed by atoms with Crippen molar-refractivity contribution in [3.05, 3.63) is 96.3 Å². The highest BCUT2D eigenvalue weighted by atomic mass is 35.5. The van der Waals surface area contributed by atoms with Crippen molar-refractivity contribution in [1.29, 1.82) is 0 Å². The van der Waals surface area contributed by atoms with Gasteiger partial charge >= 0.3 is 0 Å². The quantitative estimate of drug-likeness (QED) is 0.363. The SMILES string of the molecule is CC1(O)C(OCc2ccc(Cl)cc2Cl)C(COCc2ccc(Cl)cc2Cl)OC1n1ccc(O)cc1=O. The third kappa shape index (κ3) is 6.01. The van der Waals surface area contributed by atoms with Gasteiger partial charge in [-0.3, -0.25) is 9.36 Å². The number of hydrogen-bond donors (Lipinski definition) is 2. The van der Waals surface area contributed by atoms with Gasteiger partial charge in [-0.2, -0.15) is 0 Å². The molecule has 11 heteroatoms. The summed E-state index contributed by atoms with van der Waals surface area (Å²) in [6.45, 7) is 1.76. The minimum atomic E-state index is -1.65. The molecule has 7 nitrogen and oxygen atoms in total. The van der Waals surface area contributed by atoms with E-state index >= 15 is 0 Å². The van der Waals surface area contributed by atoms with E-state index in [4.69, 9.17) is 60.6 Å². The van der Waals surface area contributed by atoms with E-state index in [0.717, 1.165) is 11.6 Å². The highest BCUT2D eigenvalue weighted by molar-refractivity contribution is 6.35. The summed E-state index contributed by atoms with van der Waals surface area (Å²) in [5.41, 5.74) is -0.808. The van der Waals surface area contributed by atoms with Gasteiger partial charge in [0.25, 0.3) is 5.56 Å². The Morgan fingerprint density at radius 2 is 1.58 bits per heavy atom. The summed E-state index contributed by atoms with van der Waals surface area (Å²) in [7, 11) is 0. The van der Waals surface area contributed by atoms with Crippen molar-refractivity contribution in [2.24, 2.45) is 0 Å². The number of nitrogens with zero attached hydrogens (tertiary/aromatic N) is 1. The molecule has 1 saturated heterocycles. The Morgan fingerprint density at radius 3 is 2.17 bits per heavy atom. The van der Waals surface area contributed by atoms with Crippen molar-refractivity contribution in [2.75, 3.05) is 6.61 Å². The number of hydrogen-bond acceptors (Lipinski definition) is 6. The maximum absolute atomic E-state index is 12.5. The number of benzene rings is 2. The minimum absolute atomic E-state index is 0.0253. The number of aliphatic hydroxyl groups is 1. The first-order chi connectivity index (χ1) is 17.1. The Hall–Kier alpha value is -1.81. The molecule has 2 aromatic carbocycles. The summed E-state index contributed by atoms with van der Waals surface area (Å²) in [5.74, 6) is -0.196. The molecule has 1 aromatic heterocycles. The minimum Gasteiger partial charge on any atom is -0.508 e. The second-order valence-electron chi connectivity index (χ2n) is 8.60. The molecule has 2 heterocycles. The van der Waals surface area contributed by atoms with E-state index in [9.17, 15) is 15.0 Å². The van der Waals surface area contributed by atoms with E-state index < -0.39 is 29.6 Å². The van der Waals surface area contributed by atoms with Crippen molar-refractivity contribution in [3.8, 4) is 5.75 Å². The second-order valence-corrected chi connectivity index (χ2v) is 10.3. The zero-order valence-electron chi connectivity index (χ0n) is 19.0. The summed E-state index contributed by atoms with van der Waals surface area (Å²) in [5, 5.41) is 23.0. The van der Waals surface area contributed by atoms with Crippen LogP contribution in [0.15, 0.2) is 59.5 Å². The zero-order valence-corrected chi connectivity index (χ0v) is 22.1. The maximum Gasteiger partial charge on any atom is 0.256 e. The summed E-state index contributed by atoms with van der Waals surface area (Å²) in [6, 6.07) is 12.5. The molecule has 4 rings (SSSR count). The highest BCUT2D eigenvalue weighted by Gasteiger charge is 2.54. The zero-order chi connectivity index (χ0) is 26.0. The van der Waals surface area contributed by atoms with Gasteiger partial charge in [-0.15, -0.1) is 0 Å². The van der Waals surface area contributed by atoms with Gasteiger partial charge in [0.15, 0.2) is 6.23 Å². The summed E-state index contributed by atoms with van der Waals surface area (Å²) >= 11 is 24.5. The van der Waals surface area contributed by atoms with Crippen molar-refractivity contribution >= 4 is 46.4 Å². The van der Waals surface area contributed by atoms with Crippen LogP contribution in [0.4, 0.5) is 0 Å². The van der Waals surface area contributed by atoms with E-state index in [2.05, 4.69) is 0 Å². The third-order valence-electron chi connectivity index (χ3n) is 5.89. The van der Waals surface area contributed by atoms with E-state index in [-0.39, 0.29) is 25.6 Å².